The van der Waals surface area contributed by atoms with Gasteiger partial charge in [0.05, 0.1) is 12.2 Å². The van der Waals surface area contributed by atoms with Crippen LogP contribution in [-0.4, -0.2) is 19.1 Å². The van der Waals surface area contributed by atoms with Crippen molar-refractivity contribution in [1.82, 2.24) is 0 Å². The molecule has 2 aliphatic carbocycles. The first kappa shape index (κ1) is 13.3. The van der Waals surface area contributed by atoms with E-state index in [4.69, 9.17) is 10.5 Å². The van der Waals surface area contributed by atoms with Crippen molar-refractivity contribution in [3.05, 3.63) is 23.8 Å². The van der Waals surface area contributed by atoms with Gasteiger partial charge in [-0.2, -0.15) is 0 Å². The fourth-order valence-electron chi connectivity index (χ4n) is 2.92. The summed E-state index contributed by atoms with van der Waals surface area (Å²) in [5.41, 5.74) is 8.25. The molecule has 0 atom stereocenters. The number of esters is 1. The maximum absolute atomic E-state index is 11.8. The second-order valence-electron chi connectivity index (χ2n) is 6.01. The van der Waals surface area contributed by atoms with Gasteiger partial charge in [-0.1, -0.05) is 0 Å². The smallest absolute Gasteiger partial charge is 0.340 e. The molecule has 0 aromatic heterocycles. The largest absolute Gasteiger partial charge is 0.462 e. The second-order valence-corrected chi connectivity index (χ2v) is 6.01. The highest BCUT2D eigenvalue weighted by molar-refractivity contribution is 5.96. The Morgan fingerprint density at radius 3 is 2.80 bits per heavy atom. The normalized spacial score (nSPS) is 19.4. The van der Waals surface area contributed by atoms with E-state index >= 15 is 0 Å². The van der Waals surface area contributed by atoms with E-state index in [1.165, 1.54) is 25.7 Å². The van der Waals surface area contributed by atoms with Gasteiger partial charge in [-0.15, -0.1) is 0 Å². The van der Waals surface area contributed by atoms with Gasteiger partial charge in [0.25, 0.3) is 0 Å². The minimum absolute atomic E-state index is 0.350. The summed E-state index contributed by atoms with van der Waals surface area (Å²) in [7, 11) is 0. The maximum Gasteiger partial charge on any atom is 0.340 e. The van der Waals surface area contributed by atoms with Gasteiger partial charge in [0.1, 0.15) is 0 Å². The Kier molecular flexibility index (Phi) is 3.32. The fraction of sp³-hybridized carbons (Fsp3) is 0.562. The van der Waals surface area contributed by atoms with Crippen LogP contribution in [-0.2, 0) is 4.74 Å². The van der Waals surface area contributed by atoms with Gasteiger partial charge in [-0.3, -0.25) is 0 Å². The molecule has 1 aromatic rings. The number of ether oxygens (including phenoxy) is 1. The van der Waals surface area contributed by atoms with Crippen LogP contribution in [0, 0.1) is 11.3 Å². The van der Waals surface area contributed by atoms with Crippen molar-refractivity contribution in [3.63, 3.8) is 0 Å². The molecule has 0 heterocycles. The highest BCUT2D eigenvalue weighted by Gasteiger charge is 2.53. The molecule has 0 aliphatic heterocycles. The summed E-state index contributed by atoms with van der Waals surface area (Å²) in [5, 5.41) is 3.47. The molecule has 0 spiro atoms. The first-order chi connectivity index (χ1) is 9.64. The van der Waals surface area contributed by atoms with Gasteiger partial charge >= 0.3 is 5.97 Å². The molecule has 3 N–H and O–H groups in total. The molecule has 2 aliphatic rings. The average Bonchev–Trinajstić information content (AvgIpc) is 3.30. The first-order valence-corrected chi connectivity index (χ1v) is 7.45. The van der Waals surface area contributed by atoms with Gasteiger partial charge in [-0.25, -0.2) is 4.79 Å². The van der Waals surface area contributed by atoms with E-state index < -0.39 is 0 Å². The summed E-state index contributed by atoms with van der Waals surface area (Å²) in [6.07, 6.45) is 5.45. The number of carbonyl (C=O) groups is 1. The summed E-state index contributed by atoms with van der Waals surface area (Å²) in [6, 6.07) is 5.50. The molecule has 2 fully saturated rings. The van der Waals surface area contributed by atoms with E-state index in [0.717, 1.165) is 18.2 Å². The highest BCUT2D eigenvalue weighted by Crippen LogP contribution is 2.61. The summed E-state index contributed by atoms with van der Waals surface area (Å²) in [4.78, 5) is 11.8. The predicted octanol–water partition coefficient (Wildman–Crippen LogP) is 3.05. The Hall–Kier alpha value is -1.71. The molecule has 0 amide bonds. The van der Waals surface area contributed by atoms with Gasteiger partial charge in [0.2, 0.25) is 0 Å². The lowest BCUT2D eigenvalue weighted by atomic mass is 10.0. The SMILES string of the molecule is CCOC(=O)c1cc(NCC2(C3CC3)CC2)ccc1N. The summed E-state index contributed by atoms with van der Waals surface area (Å²) < 4.78 is 5.02. The number of nitrogens with two attached hydrogens (primary N) is 1. The molecule has 3 rings (SSSR count). The van der Waals surface area contributed by atoms with Crippen LogP contribution in [0.5, 0.6) is 0 Å². The summed E-state index contributed by atoms with van der Waals surface area (Å²) in [6.45, 7) is 3.16. The molecule has 1 aromatic carbocycles. The number of carbonyl (C=O) groups excluding carboxylic acids is 1. The van der Waals surface area contributed by atoms with Crippen LogP contribution < -0.4 is 11.1 Å². The molecule has 0 radical (unpaired) electrons. The molecule has 0 saturated heterocycles. The Morgan fingerprint density at radius 1 is 1.45 bits per heavy atom. The maximum atomic E-state index is 11.8. The number of nitrogen functional groups attached to an aromatic ring is 1. The van der Waals surface area contributed by atoms with E-state index in [9.17, 15) is 4.79 Å². The van der Waals surface area contributed by atoms with Crippen molar-refractivity contribution < 1.29 is 9.53 Å². The zero-order valence-electron chi connectivity index (χ0n) is 11.9. The van der Waals surface area contributed by atoms with Crippen LogP contribution >= 0.6 is 0 Å². The Bertz CT molecular complexity index is 519. The molecule has 0 unspecified atom stereocenters. The van der Waals surface area contributed by atoms with Gasteiger partial charge < -0.3 is 15.8 Å². The molecule has 4 heteroatoms. The number of nitrogens with one attached hydrogen (secondary N) is 1. The number of hydrogen-bond acceptors (Lipinski definition) is 4. The van der Waals surface area contributed by atoms with Crippen molar-refractivity contribution >= 4 is 17.3 Å². The van der Waals surface area contributed by atoms with E-state index in [0.29, 0.717) is 23.3 Å². The topological polar surface area (TPSA) is 64.3 Å². The monoisotopic (exact) mass is 274 g/mol. The standard InChI is InChI=1S/C16H22N2O2/c1-2-20-15(19)13-9-12(5-6-14(13)17)18-10-16(7-8-16)11-3-4-11/h5-6,9,11,18H,2-4,7-8,10,17H2,1H3. The minimum Gasteiger partial charge on any atom is -0.462 e. The lowest BCUT2D eigenvalue weighted by Crippen LogP contribution is -2.18. The summed E-state index contributed by atoms with van der Waals surface area (Å²) >= 11 is 0. The lowest BCUT2D eigenvalue weighted by Gasteiger charge is -2.16. The third-order valence-electron chi connectivity index (χ3n) is 4.53. The zero-order chi connectivity index (χ0) is 14.2. The van der Waals surface area contributed by atoms with Crippen molar-refractivity contribution in [2.45, 2.75) is 32.6 Å². The van der Waals surface area contributed by atoms with Gasteiger partial charge in [-0.05, 0) is 62.1 Å². The second kappa shape index (κ2) is 5.00. The molecular weight excluding hydrogens is 252 g/mol. The quantitative estimate of drug-likeness (QED) is 0.618. The van der Waals surface area contributed by atoms with Crippen LogP contribution in [0.1, 0.15) is 43.0 Å². The Balaban J connectivity index is 1.67. The van der Waals surface area contributed by atoms with Crippen LogP contribution in [0.2, 0.25) is 0 Å². The molecule has 2 saturated carbocycles. The van der Waals surface area contributed by atoms with Crippen LogP contribution in [0.3, 0.4) is 0 Å². The van der Waals surface area contributed by atoms with Crippen LogP contribution in [0.15, 0.2) is 18.2 Å². The first-order valence-electron chi connectivity index (χ1n) is 7.45. The number of benzene rings is 1. The highest BCUT2D eigenvalue weighted by atomic mass is 16.5. The lowest BCUT2D eigenvalue weighted by molar-refractivity contribution is 0.0527. The van der Waals surface area contributed by atoms with E-state index in [-0.39, 0.29) is 5.97 Å². The summed E-state index contributed by atoms with van der Waals surface area (Å²) in [5.74, 6) is 0.574. The van der Waals surface area contributed by atoms with E-state index in [1.54, 1.807) is 19.1 Å². The van der Waals surface area contributed by atoms with Crippen molar-refractivity contribution in [2.24, 2.45) is 11.3 Å². The Labute approximate surface area is 119 Å². The van der Waals surface area contributed by atoms with Crippen molar-refractivity contribution in [3.8, 4) is 0 Å². The molecule has 20 heavy (non-hydrogen) atoms. The number of rotatable bonds is 6. The Morgan fingerprint density at radius 2 is 2.20 bits per heavy atom. The number of anilines is 2. The van der Waals surface area contributed by atoms with Gasteiger partial charge in [0.15, 0.2) is 0 Å². The fourth-order valence-corrected chi connectivity index (χ4v) is 2.92. The van der Waals surface area contributed by atoms with Crippen molar-refractivity contribution in [1.29, 1.82) is 0 Å². The zero-order valence-corrected chi connectivity index (χ0v) is 11.9. The average molecular weight is 274 g/mol. The van der Waals surface area contributed by atoms with Crippen molar-refractivity contribution in [2.75, 3.05) is 24.2 Å². The van der Waals surface area contributed by atoms with Crippen LogP contribution in [0.4, 0.5) is 11.4 Å². The third-order valence-corrected chi connectivity index (χ3v) is 4.53. The minimum atomic E-state index is -0.350. The van der Waals surface area contributed by atoms with Crippen LogP contribution in [0.25, 0.3) is 0 Å². The predicted molar refractivity (Wildman–Crippen MR) is 79.7 cm³/mol. The molecular formula is C16H22N2O2. The van der Waals surface area contributed by atoms with E-state index in [2.05, 4.69) is 5.32 Å². The molecule has 4 nitrogen and oxygen atoms in total. The van der Waals surface area contributed by atoms with E-state index in [1.807, 2.05) is 6.07 Å². The molecule has 0 bridgehead atoms. The number of hydrogen-bond donors (Lipinski definition) is 2. The van der Waals surface area contributed by atoms with Gasteiger partial charge in [0, 0.05) is 17.9 Å². The molecule has 108 valence electrons. The third kappa shape index (κ3) is 2.60.